The Morgan fingerprint density at radius 2 is 1.80 bits per heavy atom. The van der Waals surface area contributed by atoms with Crippen molar-refractivity contribution in [3.63, 3.8) is 0 Å². The van der Waals surface area contributed by atoms with E-state index in [4.69, 9.17) is 21.7 Å². The van der Waals surface area contributed by atoms with Crippen LogP contribution in [0.25, 0.3) is 0 Å². The van der Waals surface area contributed by atoms with Gasteiger partial charge in [0.2, 0.25) is 0 Å². The Morgan fingerprint density at radius 3 is 2.44 bits per heavy atom. The van der Waals surface area contributed by atoms with E-state index in [0.717, 1.165) is 5.75 Å². The van der Waals surface area contributed by atoms with E-state index in [2.05, 4.69) is 24.5 Å². The average molecular weight is 358 g/mol. The molecule has 2 aromatic carbocycles. The van der Waals surface area contributed by atoms with E-state index in [1.165, 1.54) is 0 Å². The average Bonchev–Trinajstić information content (AvgIpc) is 2.60. The lowest BCUT2D eigenvalue weighted by molar-refractivity contribution is 0.0977. The molecule has 1 amide bonds. The van der Waals surface area contributed by atoms with Crippen LogP contribution in [0.5, 0.6) is 11.5 Å². The maximum absolute atomic E-state index is 12.3. The summed E-state index contributed by atoms with van der Waals surface area (Å²) in [5, 5.41) is 5.81. The van der Waals surface area contributed by atoms with Gasteiger partial charge in [-0.3, -0.25) is 10.1 Å². The van der Waals surface area contributed by atoms with Gasteiger partial charge in [0.25, 0.3) is 5.91 Å². The summed E-state index contributed by atoms with van der Waals surface area (Å²) in [5.74, 6) is 1.54. The molecule has 132 valence electrons. The van der Waals surface area contributed by atoms with E-state index in [1.807, 2.05) is 24.3 Å². The van der Waals surface area contributed by atoms with Gasteiger partial charge in [-0.2, -0.15) is 0 Å². The number of para-hydroxylation sites is 2. The summed E-state index contributed by atoms with van der Waals surface area (Å²) in [5.41, 5.74) is 1.19. The fraction of sp³-hybridized carbons (Fsp3) is 0.263. The molecule has 5 nitrogen and oxygen atoms in total. The molecule has 0 aromatic heterocycles. The lowest BCUT2D eigenvalue weighted by Gasteiger charge is -2.13. The smallest absolute Gasteiger partial charge is 0.257 e. The fourth-order valence-corrected chi connectivity index (χ4v) is 2.24. The zero-order chi connectivity index (χ0) is 18.2. The summed E-state index contributed by atoms with van der Waals surface area (Å²) in [4.78, 5) is 12.3. The maximum atomic E-state index is 12.3. The molecule has 0 bridgehead atoms. The molecule has 6 heteroatoms. The normalized spacial score (nSPS) is 10.2. The van der Waals surface area contributed by atoms with Gasteiger partial charge in [0.05, 0.1) is 19.4 Å². The standard InChI is InChI=1S/C19H22N2O3S/c1-13(2)12-24-15-10-8-14(9-11-15)18(22)21-19(25)20-16-6-4-5-7-17(16)23-3/h4-11,13H,12H2,1-3H3,(H2,20,21,22,25). The number of nitrogens with one attached hydrogen (secondary N) is 2. The minimum Gasteiger partial charge on any atom is -0.495 e. The highest BCUT2D eigenvalue weighted by Crippen LogP contribution is 2.22. The predicted octanol–water partition coefficient (Wildman–Crippen LogP) is 3.86. The molecular formula is C19H22N2O3S. The van der Waals surface area contributed by atoms with Gasteiger partial charge in [0.1, 0.15) is 11.5 Å². The zero-order valence-corrected chi connectivity index (χ0v) is 15.4. The molecule has 2 rings (SSSR count). The summed E-state index contributed by atoms with van der Waals surface area (Å²) in [6.45, 7) is 4.80. The van der Waals surface area contributed by atoms with Crippen molar-refractivity contribution in [2.24, 2.45) is 5.92 Å². The van der Waals surface area contributed by atoms with Gasteiger partial charge in [-0.15, -0.1) is 0 Å². The van der Waals surface area contributed by atoms with Crippen molar-refractivity contribution in [3.05, 3.63) is 54.1 Å². The molecule has 0 fully saturated rings. The molecule has 0 atom stereocenters. The van der Waals surface area contributed by atoms with E-state index >= 15 is 0 Å². The Morgan fingerprint density at radius 1 is 1.12 bits per heavy atom. The second-order valence-electron chi connectivity index (χ2n) is 5.84. The number of benzene rings is 2. The highest BCUT2D eigenvalue weighted by molar-refractivity contribution is 7.80. The van der Waals surface area contributed by atoms with Crippen LogP contribution in [0.15, 0.2) is 48.5 Å². The lowest BCUT2D eigenvalue weighted by Crippen LogP contribution is -2.34. The van der Waals surface area contributed by atoms with Crippen LogP contribution in [-0.4, -0.2) is 24.7 Å². The van der Waals surface area contributed by atoms with Crippen LogP contribution in [0.2, 0.25) is 0 Å². The van der Waals surface area contributed by atoms with Gasteiger partial charge in [0, 0.05) is 5.56 Å². The number of amides is 1. The minimum absolute atomic E-state index is 0.203. The number of carbonyl (C=O) groups is 1. The van der Waals surface area contributed by atoms with Crippen molar-refractivity contribution in [2.45, 2.75) is 13.8 Å². The van der Waals surface area contributed by atoms with Crippen LogP contribution in [0.1, 0.15) is 24.2 Å². The van der Waals surface area contributed by atoms with Crippen molar-refractivity contribution >= 4 is 28.9 Å². The summed E-state index contributed by atoms with van der Waals surface area (Å²) in [6, 6.07) is 14.3. The molecule has 0 aliphatic rings. The third-order valence-corrected chi connectivity index (χ3v) is 3.49. The van der Waals surface area contributed by atoms with E-state index in [1.54, 1.807) is 31.4 Å². The number of hydrogen-bond acceptors (Lipinski definition) is 4. The molecule has 0 saturated heterocycles. The van der Waals surface area contributed by atoms with Gasteiger partial charge in [-0.05, 0) is 54.5 Å². The lowest BCUT2D eigenvalue weighted by atomic mass is 10.2. The highest BCUT2D eigenvalue weighted by Gasteiger charge is 2.10. The second-order valence-corrected chi connectivity index (χ2v) is 6.25. The number of methoxy groups -OCH3 is 1. The Balaban J connectivity index is 1.93. The summed E-state index contributed by atoms with van der Waals surface area (Å²) in [6.07, 6.45) is 0. The first-order chi connectivity index (χ1) is 12.0. The molecule has 0 radical (unpaired) electrons. The van der Waals surface area contributed by atoms with Crippen LogP contribution in [0.3, 0.4) is 0 Å². The molecule has 0 saturated carbocycles. The Bertz CT molecular complexity index is 730. The van der Waals surface area contributed by atoms with Crippen molar-refractivity contribution in [2.75, 3.05) is 19.0 Å². The number of ether oxygens (including phenoxy) is 2. The van der Waals surface area contributed by atoms with Crippen molar-refractivity contribution < 1.29 is 14.3 Å². The fourth-order valence-electron chi connectivity index (χ4n) is 2.04. The topological polar surface area (TPSA) is 59.6 Å². The monoisotopic (exact) mass is 358 g/mol. The van der Waals surface area contributed by atoms with E-state index in [-0.39, 0.29) is 11.0 Å². The van der Waals surface area contributed by atoms with Gasteiger partial charge in [-0.25, -0.2) is 0 Å². The molecule has 0 unspecified atom stereocenters. The van der Waals surface area contributed by atoms with Gasteiger partial charge < -0.3 is 14.8 Å². The summed E-state index contributed by atoms with van der Waals surface area (Å²) in [7, 11) is 1.57. The van der Waals surface area contributed by atoms with Crippen LogP contribution >= 0.6 is 12.2 Å². The van der Waals surface area contributed by atoms with Crippen LogP contribution in [-0.2, 0) is 0 Å². The first kappa shape index (κ1) is 18.7. The molecule has 2 N–H and O–H groups in total. The van der Waals surface area contributed by atoms with Gasteiger partial charge in [-0.1, -0.05) is 26.0 Å². The first-order valence-corrected chi connectivity index (χ1v) is 8.38. The van der Waals surface area contributed by atoms with Crippen LogP contribution in [0.4, 0.5) is 5.69 Å². The maximum Gasteiger partial charge on any atom is 0.257 e. The van der Waals surface area contributed by atoms with Crippen LogP contribution in [0, 0.1) is 5.92 Å². The number of thiocarbonyl (C=S) groups is 1. The Kier molecular flexibility index (Phi) is 6.77. The Labute approximate surface area is 153 Å². The highest BCUT2D eigenvalue weighted by atomic mass is 32.1. The number of rotatable bonds is 6. The van der Waals surface area contributed by atoms with Crippen molar-refractivity contribution in [1.29, 1.82) is 0 Å². The van der Waals surface area contributed by atoms with Crippen molar-refractivity contribution in [1.82, 2.24) is 5.32 Å². The van der Waals surface area contributed by atoms with E-state index in [9.17, 15) is 4.79 Å². The van der Waals surface area contributed by atoms with Gasteiger partial charge >= 0.3 is 0 Å². The Hall–Kier alpha value is -2.60. The number of anilines is 1. The second kappa shape index (κ2) is 9.03. The zero-order valence-electron chi connectivity index (χ0n) is 14.5. The van der Waals surface area contributed by atoms with Gasteiger partial charge in [0.15, 0.2) is 5.11 Å². The minimum atomic E-state index is -0.289. The molecule has 2 aromatic rings. The molecule has 0 spiro atoms. The summed E-state index contributed by atoms with van der Waals surface area (Å²) >= 11 is 5.19. The SMILES string of the molecule is COc1ccccc1NC(=S)NC(=O)c1ccc(OCC(C)C)cc1. The molecule has 0 aliphatic carbocycles. The molecule has 25 heavy (non-hydrogen) atoms. The van der Waals surface area contributed by atoms with E-state index < -0.39 is 0 Å². The molecular weight excluding hydrogens is 336 g/mol. The molecule has 0 aliphatic heterocycles. The van der Waals surface area contributed by atoms with E-state index in [0.29, 0.717) is 29.5 Å². The number of hydrogen-bond donors (Lipinski definition) is 2. The molecule has 0 heterocycles. The van der Waals surface area contributed by atoms with Crippen molar-refractivity contribution in [3.8, 4) is 11.5 Å². The third kappa shape index (κ3) is 5.76. The van der Waals surface area contributed by atoms with Crippen LogP contribution < -0.4 is 20.1 Å². The predicted molar refractivity (Wildman–Crippen MR) is 103 cm³/mol. The number of carbonyl (C=O) groups excluding carboxylic acids is 1. The first-order valence-electron chi connectivity index (χ1n) is 7.98. The quantitative estimate of drug-likeness (QED) is 0.768. The largest absolute Gasteiger partial charge is 0.495 e. The summed E-state index contributed by atoms with van der Waals surface area (Å²) < 4.78 is 10.8. The third-order valence-electron chi connectivity index (χ3n) is 3.28.